The number of amides is 1. The number of nitrogens with zero attached hydrogens (tertiary/aromatic N) is 2. The predicted octanol–water partition coefficient (Wildman–Crippen LogP) is -1.01. The summed E-state index contributed by atoms with van der Waals surface area (Å²) in [5.74, 6) is 0.0354. The van der Waals surface area contributed by atoms with Gasteiger partial charge in [-0.3, -0.25) is 9.48 Å². The fourth-order valence-electron chi connectivity index (χ4n) is 1.84. The Hall–Kier alpha value is -1.40. The SMILES string of the molecule is CC1CNC(C(=O)NCc2cnn(C)c2)CN1. The second kappa shape index (κ2) is 5.29. The molecule has 6 nitrogen and oxygen atoms in total. The van der Waals surface area contributed by atoms with Crippen LogP contribution < -0.4 is 16.0 Å². The monoisotopic (exact) mass is 237 g/mol. The molecule has 2 atom stereocenters. The summed E-state index contributed by atoms with van der Waals surface area (Å²) in [5, 5.41) is 13.4. The zero-order valence-corrected chi connectivity index (χ0v) is 10.2. The fraction of sp³-hybridized carbons (Fsp3) is 0.636. The van der Waals surface area contributed by atoms with Gasteiger partial charge in [0.2, 0.25) is 5.91 Å². The van der Waals surface area contributed by atoms with Crippen LogP contribution in [0.3, 0.4) is 0 Å². The van der Waals surface area contributed by atoms with E-state index in [1.165, 1.54) is 0 Å². The zero-order valence-electron chi connectivity index (χ0n) is 10.2. The Morgan fingerprint density at radius 1 is 1.59 bits per heavy atom. The number of rotatable bonds is 3. The molecule has 0 aromatic carbocycles. The lowest BCUT2D eigenvalue weighted by molar-refractivity contribution is -0.123. The van der Waals surface area contributed by atoms with Gasteiger partial charge in [-0.1, -0.05) is 0 Å². The van der Waals surface area contributed by atoms with Gasteiger partial charge in [-0.05, 0) is 6.92 Å². The highest BCUT2D eigenvalue weighted by Crippen LogP contribution is 1.97. The second-order valence-electron chi connectivity index (χ2n) is 4.51. The minimum atomic E-state index is -0.136. The first-order valence-electron chi connectivity index (χ1n) is 5.87. The first-order chi connectivity index (χ1) is 8.15. The summed E-state index contributed by atoms with van der Waals surface area (Å²) in [6.07, 6.45) is 3.66. The molecule has 2 rings (SSSR count). The van der Waals surface area contributed by atoms with E-state index in [1.807, 2.05) is 13.2 Å². The summed E-state index contributed by atoms with van der Waals surface area (Å²) in [6.45, 7) is 4.13. The van der Waals surface area contributed by atoms with Crippen molar-refractivity contribution in [1.29, 1.82) is 0 Å². The highest BCUT2D eigenvalue weighted by molar-refractivity contribution is 5.82. The van der Waals surface area contributed by atoms with Gasteiger partial charge in [-0.25, -0.2) is 0 Å². The topological polar surface area (TPSA) is 71.0 Å². The van der Waals surface area contributed by atoms with E-state index in [2.05, 4.69) is 28.0 Å². The molecular weight excluding hydrogens is 218 g/mol. The van der Waals surface area contributed by atoms with Gasteiger partial charge in [0.15, 0.2) is 0 Å². The fourth-order valence-corrected chi connectivity index (χ4v) is 1.84. The number of carbonyl (C=O) groups excluding carboxylic acids is 1. The van der Waals surface area contributed by atoms with Crippen LogP contribution in [-0.2, 0) is 18.4 Å². The number of carbonyl (C=O) groups is 1. The van der Waals surface area contributed by atoms with Crippen LogP contribution in [0, 0.1) is 0 Å². The maximum atomic E-state index is 11.8. The van der Waals surface area contributed by atoms with Crippen molar-refractivity contribution in [1.82, 2.24) is 25.7 Å². The number of aryl methyl sites for hydroxylation is 1. The third-order valence-corrected chi connectivity index (χ3v) is 2.88. The molecule has 6 heteroatoms. The molecule has 1 amide bonds. The van der Waals surface area contributed by atoms with Crippen molar-refractivity contribution in [2.45, 2.75) is 25.6 Å². The molecule has 1 aliphatic heterocycles. The number of nitrogens with one attached hydrogen (secondary N) is 3. The van der Waals surface area contributed by atoms with Crippen LogP contribution in [0.5, 0.6) is 0 Å². The Morgan fingerprint density at radius 2 is 2.41 bits per heavy atom. The Balaban J connectivity index is 1.77. The van der Waals surface area contributed by atoms with Crippen LogP contribution >= 0.6 is 0 Å². The average molecular weight is 237 g/mol. The summed E-state index contributed by atoms with van der Waals surface area (Å²) in [4.78, 5) is 11.8. The molecule has 94 valence electrons. The summed E-state index contributed by atoms with van der Waals surface area (Å²) in [5.41, 5.74) is 1.01. The quantitative estimate of drug-likeness (QED) is 0.630. The summed E-state index contributed by atoms with van der Waals surface area (Å²) in [7, 11) is 1.86. The largest absolute Gasteiger partial charge is 0.351 e. The van der Waals surface area contributed by atoms with Crippen LogP contribution in [0.15, 0.2) is 12.4 Å². The standard InChI is InChI=1S/C11H19N5O/c1-8-3-13-10(6-12-8)11(17)14-4-9-5-15-16(2)7-9/h5,7-8,10,12-13H,3-4,6H2,1-2H3,(H,14,17). The van der Waals surface area contributed by atoms with E-state index in [9.17, 15) is 4.79 Å². The molecule has 2 unspecified atom stereocenters. The van der Waals surface area contributed by atoms with Gasteiger partial charge in [-0.2, -0.15) is 5.10 Å². The lowest BCUT2D eigenvalue weighted by Crippen LogP contribution is -2.58. The van der Waals surface area contributed by atoms with Gasteiger partial charge in [0.1, 0.15) is 0 Å². The van der Waals surface area contributed by atoms with Crippen LogP contribution in [0.1, 0.15) is 12.5 Å². The first kappa shape index (κ1) is 12.1. The van der Waals surface area contributed by atoms with E-state index in [0.717, 1.165) is 12.1 Å². The molecule has 0 saturated carbocycles. The molecule has 1 aromatic rings. The van der Waals surface area contributed by atoms with Crippen molar-refractivity contribution in [2.24, 2.45) is 7.05 Å². The number of aromatic nitrogens is 2. The van der Waals surface area contributed by atoms with E-state index in [1.54, 1.807) is 10.9 Å². The normalized spacial score (nSPS) is 24.6. The van der Waals surface area contributed by atoms with Crippen molar-refractivity contribution in [2.75, 3.05) is 13.1 Å². The summed E-state index contributed by atoms with van der Waals surface area (Å²) in [6, 6.07) is 0.292. The molecule has 0 aliphatic carbocycles. The van der Waals surface area contributed by atoms with Crippen molar-refractivity contribution in [3.8, 4) is 0 Å². The van der Waals surface area contributed by atoms with Crippen molar-refractivity contribution in [3.05, 3.63) is 18.0 Å². The van der Waals surface area contributed by atoms with Crippen molar-refractivity contribution in [3.63, 3.8) is 0 Å². The molecule has 3 N–H and O–H groups in total. The molecule has 0 bridgehead atoms. The van der Waals surface area contributed by atoms with E-state index in [4.69, 9.17) is 0 Å². The maximum absolute atomic E-state index is 11.8. The van der Waals surface area contributed by atoms with Gasteiger partial charge in [0.25, 0.3) is 0 Å². The number of hydrogen-bond acceptors (Lipinski definition) is 4. The second-order valence-corrected chi connectivity index (χ2v) is 4.51. The third kappa shape index (κ3) is 3.28. The molecular formula is C11H19N5O. The molecule has 2 heterocycles. The van der Waals surface area contributed by atoms with Crippen molar-refractivity contribution >= 4 is 5.91 Å². The molecule has 1 aromatic heterocycles. The van der Waals surface area contributed by atoms with E-state index in [0.29, 0.717) is 19.1 Å². The first-order valence-corrected chi connectivity index (χ1v) is 5.87. The Kier molecular flexibility index (Phi) is 3.75. The van der Waals surface area contributed by atoms with Crippen LogP contribution in [-0.4, -0.2) is 40.9 Å². The molecule has 0 spiro atoms. The Labute approximate surface area is 101 Å². The molecule has 0 radical (unpaired) electrons. The maximum Gasteiger partial charge on any atom is 0.238 e. The van der Waals surface area contributed by atoms with Gasteiger partial charge in [-0.15, -0.1) is 0 Å². The Bertz CT molecular complexity index is 381. The van der Waals surface area contributed by atoms with E-state index in [-0.39, 0.29) is 11.9 Å². The van der Waals surface area contributed by atoms with Gasteiger partial charge >= 0.3 is 0 Å². The molecule has 1 saturated heterocycles. The lowest BCUT2D eigenvalue weighted by Gasteiger charge is -2.28. The lowest BCUT2D eigenvalue weighted by atomic mass is 10.1. The third-order valence-electron chi connectivity index (χ3n) is 2.88. The van der Waals surface area contributed by atoms with Gasteiger partial charge in [0, 0.05) is 44.5 Å². The van der Waals surface area contributed by atoms with Crippen molar-refractivity contribution < 1.29 is 4.79 Å². The van der Waals surface area contributed by atoms with Gasteiger partial charge < -0.3 is 16.0 Å². The summed E-state index contributed by atoms with van der Waals surface area (Å²) >= 11 is 0. The predicted molar refractivity (Wildman–Crippen MR) is 64.3 cm³/mol. The highest BCUT2D eigenvalue weighted by Gasteiger charge is 2.22. The minimum absolute atomic E-state index is 0.0354. The average Bonchev–Trinajstić information content (AvgIpc) is 2.73. The zero-order chi connectivity index (χ0) is 12.3. The van der Waals surface area contributed by atoms with Crippen LogP contribution in [0.25, 0.3) is 0 Å². The minimum Gasteiger partial charge on any atom is -0.351 e. The Morgan fingerprint density at radius 3 is 3.00 bits per heavy atom. The van der Waals surface area contributed by atoms with Crippen LogP contribution in [0.2, 0.25) is 0 Å². The summed E-state index contributed by atoms with van der Waals surface area (Å²) < 4.78 is 1.73. The molecule has 1 fully saturated rings. The number of hydrogen-bond donors (Lipinski definition) is 3. The molecule has 1 aliphatic rings. The smallest absolute Gasteiger partial charge is 0.238 e. The highest BCUT2D eigenvalue weighted by atomic mass is 16.2. The molecule has 17 heavy (non-hydrogen) atoms. The van der Waals surface area contributed by atoms with E-state index < -0.39 is 0 Å². The van der Waals surface area contributed by atoms with Crippen LogP contribution in [0.4, 0.5) is 0 Å². The number of piperazine rings is 1. The van der Waals surface area contributed by atoms with E-state index >= 15 is 0 Å². The van der Waals surface area contributed by atoms with Gasteiger partial charge in [0.05, 0.1) is 12.2 Å².